The zero-order valence-electron chi connectivity index (χ0n) is 12.0. The molecule has 0 bridgehead atoms. The van der Waals surface area contributed by atoms with Gasteiger partial charge in [-0.15, -0.1) is 0 Å². The fraction of sp³-hybridized carbons (Fsp3) is 0.500. The van der Waals surface area contributed by atoms with E-state index in [9.17, 15) is 9.59 Å². The van der Waals surface area contributed by atoms with Crippen LogP contribution >= 0.6 is 0 Å². The molecule has 1 aliphatic carbocycles. The summed E-state index contributed by atoms with van der Waals surface area (Å²) in [7, 11) is 0. The van der Waals surface area contributed by atoms with Crippen LogP contribution in [0.1, 0.15) is 38.7 Å². The van der Waals surface area contributed by atoms with Gasteiger partial charge in [-0.25, -0.2) is 0 Å². The van der Waals surface area contributed by atoms with Gasteiger partial charge in [0, 0.05) is 11.1 Å². The van der Waals surface area contributed by atoms with Crippen LogP contribution in [0.25, 0.3) is 0 Å². The predicted octanol–water partition coefficient (Wildman–Crippen LogP) is 3.08. The van der Waals surface area contributed by atoms with E-state index in [1.807, 2.05) is 31.2 Å². The molecule has 4 nitrogen and oxygen atoms in total. The number of carbonyl (C=O) groups excluding carboxylic acids is 1. The van der Waals surface area contributed by atoms with Crippen molar-refractivity contribution < 1.29 is 14.7 Å². The minimum Gasteiger partial charge on any atom is -0.481 e. The molecule has 1 fully saturated rings. The van der Waals surface area contributed by atoms with E-state index in [-0.39, 0.29) is 11.3 Å². The number of hydrogen-bond donors (Lipinski definition) is 2. The number of benzene rings is 1. The molecule has 2 rings (SSSR count). The van der Waals surface area contributed by atoms with E-state index in [0.717, 1.165) is 30.5 Å². The zero-order valence-corrected chi connectivity index (χ0v) is 12.0. The molecule has 2 N–H and O–H groups in total. The summed E-state index contributed by atoms with van der Waals surface area (Å²) < 4.78 is 0. The molecule has 4 heteroatoms. The number of anilines is 1. The quantitative estimate of drug-likeness (QED) is 0.867. The van der Waals surface area contributed by atoms with Crippen molar-refractivity contribution in [1.82, 2.24) is 0 Å². The first kappa shape index (κ1) is 14.6. The maximum absolute atomic E-state index is 12.1. The van der Waals surface area contributed by atoms with Gasteiger partial charge in [-0.2, -0.15) is 0 Å². The Hall–Kier alpha value is -1.84. The van der Waals surface area contributed by atoms with Crippen LogP contribution < -0.4 is 5.32 Å². The lowest BCUT2D eigenvalue weighted by atomic mass is 9.70. The van der Waals surface area contributed by atoms with E-state index in [2.05, 4.69) is 5.32 Å². The number of nitrogens with one attached hydrogen (secondary N) is 1. The maximum Gasteiger partial charge on any atom is 0.306 e. The highest BCUT2D eigenvalue weighted by molar-refractivity contribution is 5.95. The van der Waals surface area contributed by atoms with Crippen molar-refractivity contribution in [2.24, 2.45) is 11.3 Å². The van der Waals surface area contributed by atoms with Crippen molar-refractivity contribution in [2.45, 2.75) is 39.5 Å². The molecule has 1 aliphatic rings. The summed E-state index contributed by atoms with van der Waals surface area (Å²) in [6, 6.07) is 7.42. The third kappa shape index (κ3) is 3.18. The minimum atomic E-state index is -0.791. The lowest BCUT2D eigenvalue weighted by molar-refractivity contribution is -0.141. The molecular formula is C16H21NO3. The Labute approximate surface area is 119 Å². The second kappa shape index (κ2) is 5.65. The zero-order chi connectivity index (χ0) is 14.8. The average molecular weight is 275 g/mol. The van der Waals surface area contributed by atoms with Crippen LogP contribution in [-0.2, 0) is 16.0 Å². The molecule has 1 aromatic carbocycles. The molecule has 1 atom stereocenters. The standard InChI is InChI=1S/C16H21NO3/c1-11(14(18)19)10-12-4-6-13(7-5-12)17-15(20)16(2)8-3-9-16/h4-7,11H,3,8-10H2,1-2H3,(H,17,20)(H,18,19). The maximum atomic E-state index is 12.1. The molecule has 0 aliphatic heterocycles. The van der Waals surface area contributed by atoms with Gasteiger partial charge < -0.3 is 10.4 Å². The third-order valence-electron chi connectivity index (χ3n) is 4.18. The Kier molecular flexibility index (Phi) is 4.12. The van der Waals surface area contributed by atoms with Gasteiger partial charge in [-0.3, -0.25) is 9.59 Å². The second-order valence-corrected chi connectivity index (χ2v) is 6.01. The topological polar surface area (TPSA) is 66.4 Å². The van der Waals surface area contributed by atoms with Gasteiger partial charge in [0.25, 0.3) is 0 Å². The molecule has 20 heavy (non-hydrogen) atoms. The van der Waals surface area contributed by atoms with Crippen molar-refractivity contribution >= 4 is 17.6 Å². The minimum absolute atomic E-state index is 0.0791. The van der Waals surface area contributed by atoms with Gasteiger partial charge >= 0.3 is 5.97 Å². The van der Waals surface area contributed by atoms with Crippen LogP contribution in [-0.4, -0.2) is 17.0 Å². The fourth-order valence-electron chi connectivity index (χ4n) is 2.38. The van der Waals surface area contributed by atoms with E-state index in [1.54, 1.807) is 6.92 Å². The monoisotopic (exact) mass is 275 g/mol. The highest BCUT2D eigenvalue weighted by Gasteiger charge is 2.39. The molecule has 1 saturated carbocycles. The Balaban J connectivity index is 1.94. The molecular weight excluding hydrogens is 254 g/mol. The summed E-state index contributed by atoms with van der Waals surface area (Å²) in [6.07, 6.45) is 3.53. The van der Waals surface area contributed by atoms with Gasteiger partial charge in [0.15, 0.2) is 0 Å². The molecule has 1 amide bonds. The van der Waals surface area contributed by atoms with Crippen LogP contribution in [0.3, 0.4) is 0 Å². The van der Waals surface area contributed by atoms with Gasteiger partial charge in [0.2, 0.25) is 5.91 Å². The smallest absolute Gasteiger partial charge is 0.306 e. The van der Waals surface area contributed by atoms with Crippen molar-refractivity contribution in [3.05, 3.63) is 29.8 Å². The Bertz CT molecular complexity index is 503. The highest BCUT2D eigenvalue weighted by Crippen LogP contribution is 2.41. The van der Waals surface area contributed by atoms with E-state index in [0.29, 0.717) is 6.42 Å². The van der Waals surface area contributed by atoms with E-state index < -0.39 is 11.9 Å². The first-order valence-electron chi connectivity index (χ1n) is 7.04. The summed E-state index contributed by atoms with van der Waals surface area (Å²) in [5.74, 6) is -1.11. The van der Waals surface area contributed by atoms with Crippen molar-refractivity contribution in [3.8, 4) is 0 Å². The lowest BCUT2D eigenvalue weighted by Crippen LogP contribution is -2.39. The Morgan fingerprint density at radius 3 is 2.35 bits per heavy atom. The van der Waals surface area contributed by atoms with E-state index in [4.69, 9.17) is 5.11 Å². The second-order valence-electron chi connectivity index (χ2n) is 6.01. The van der Waals surface area contributed by atoms with Crippen molar-refractivity contribution in [3.63, 3.8) is 0 Å². The molecule has 108 valence electrons. The molecule has 0 radical (unpaired) electrons. The van der Waals surface area contributed by atoms with Crippen LogP contribution in [0.4, 0.5) is 5.69 Å². The molecule has 0 spiro atoms. The number of aliphatic carboxylic acids is 1. The SMILES string of the molecule is CC(Cc1ccc(NC(=O)C2(C)CCC2)cc1)C(=O)O. The summed E-state index contributed by atoms with van der Waals surface area (Å²) in [4.78, 5) is 22.9. The molecule has 0 saturated heterocycles. The summed E-state index contributed by atoms with van der Waals surface area (Å²) >= 11 is 0. The highest BCUT2D eigenvalue weighted by atomic mass is 16.4. The first-order chi connectivity index (χ1) is 9.40. The summed E-state index contributed by atoms with van der Waals surface area (Å²) in [5, 5.41) is 11.8. The number of rotatable bonds is 5. The van der Waals surface area contributed by atoms with Crippen LogP contribution in [0.2, 0.25) is 0 Å². The number of carboxylic acid groups (broad SMARTS) is 1. The summed E-state index contributed by atoms with van der Waals surface area (Å²) in [5.41, 5.74) is 1.53. The molecule has 1 unspecified atom stereocenters. The molecule has 0 aromatic heterocycles. The van der Waals surface area contributed by atoms with Gasteiger partial charge in [0.05, 0.1) is 5.92 Å². The van der Waals surface area contributed by atoms with E-state index >= 15 is 0 Å². The van der Waals surface area contributed by atoms with Gasteiger partial charge in [0.1, 0.15) is 0 Å². The predicted molar refractivity (Wildman–Crippen MR) is 77.5 cm³/mol. The first-order valence-corrected chi connectivity index (χ1v) is 7.04. The number of carboxylic acids is 1. The molecule has 0 heterocycles. The largest absolute Gasteiger partial charge is 0.481 e. The number of carbonyl (C=O) groups is 2. The Morgan fingerprint density at radius 2 is 1.90 bits per heavy atom. The van der Waals surface area contributed by atoms with Crippen molar-refractivity contribution in [2.75, 3.05) is 5.32 Å². The molecule has 1 aromatic rings. The van der Waals surface area contributed by atoms with Crippen LogP contribution in [0.5, 0.6) is 0 Å². The number of hydrogen-bond acceptors (Lipinski definition) is 2. The third-order valence-corrected chi connectivity index (χ3v) is 4.18. The van der Waals surface area contributed by atoms with Crippen LogP contribution in [0.15, 0.2) is 24.3 Å². The number of amides is 1. The van der Waals surface area contributed by atoms with E-state index in [1.165, 1.54) is 0 Å². The van der Waals surface area contributed by atoms with Gasteiger partial charge in [-0.05, 0) is 37.0 Å². The van der Waals surface area contributed by atoms with Gasteiger partial charge in [-0.1, -0.05) is 32.4 Å². The summed E-state index contributed by atoms with van der Waals surface area (Å²) in [6.45, 7) is 3.68. The average Bonchev–Trinajstić information content (AvgIpc) is 2.38. The van der Waals surface area contributed by atoms with Crippen LogP contribution in [0, 0.1) is 11.3 Å². The fourth-order valence-corrected chi connectivity index (χ4v) is 2.38. The van der Waals surface area contributed by atoms with Crippen molar-refractivity contribution in [1.29, 1.82) is 0 Å². The Morgan fingerprint density at radius 1 is 1.30 bits per heavy atom. The normalized spacial score (nSPS) is 17.9. The lowest BCUT2D eigenvalue weighted by Gasteiger charge is -2.36.